The van der Waals surface area contributed by atoms with Gasteiger partial charge in [0.05, 0.1) is 6.21 Å². The van der Waals surface area contributed by atoms with Crippen LogP contribution in [0.25, 0.3) is 0 Å². The highest BCUT2D eigenvalue weighted by atomic mass is 35.5. The van der Waals surface area contributed by atoms with Crippen molar-refractivity contribution in [2.24, 2.45) is 5.16 Å². The molecule has 0 aliphatic carbocycles. The van der Waals surface area contributed by atoms with Gasteiger partial charge in [0.25, 0.3) is 5.91 Å². The minimum atomic E-state index is -0.422. The van der Waals surface area contributed by atoms with Crippen molar-refractivity contribution in [3.8, 4) is 0 Å². The summed E-state index contributed by atoms with van der Waals surface area (Å²) in [4.78, 5) is 16.5. The van der Waals surface area contributed by atoms with E-state index in [1.807, 2.05) is 0 Å². The van der Waals surface area contributed by atoms with Crippen molar-refractivity contribution >= 4 is 41.0 Å². The molecule has 1 amide bonds. The molecule has 0 unspecified atom stereocenters. The molecule has 0 fully saturated rings. The molecule has 0 saturated carbocycles. The van der Waals surface area contributed by atoms with Gasteiger partial charge < -0.3 is 10.2 Å². The summed E-state index contributed by atoms with van der Waals surface area (Å²) in [6, 6.07) is 10.5. The van der Waals surface area contributed by atoms with Gasteiger partial charge in [0.2, 0.25) is 0 Å². The molecular weight excluding hydrogens is 330 g/mol. The van der Waals surface area contributed by atoms with Crippen LogP contribution in [0.4, 0.5) is 10.1 Å². The van der Waals surface area contributed by atoms with Gasteiger partial charge in [-0.2, -0.15) is 0 Å². The summed E-state index contributed by atoms with van der Waals surface area (Å²) in [6.07, 6.45) is 1.31. The number of hydrogen-bond acceptors (Lipinski definition) is 3. The molecule has 2 aromatic carbocycles. The number of amides is 1. The fourth-order valence-corrected chi connectivity index (χ4v) is 2.13. The second-order valence-electron chi connectivity index (χ2n) is 4.27. The molecule has 7 heteroatoms. The minimum absolute atomic E-state index is 0.296. The molecule has 22 heavy (non-hydrogen) atoms. The number of nitrogens with one attached hydrogen (secondary N) is 1. The van der Waals surface area contributed by atoms with Crippen molar-refractivity contribution in [1.29, 1.82) is 0 Å². The zero-order valence-corrected chi connectivity index (χ0v) is 12.7. The van der Waals surface area contributed by atoms with Gasteiger partial charge in [0.15, 0.2) is 6.61 Å². The Labute approximate surface area is 136 Å². The molecule has 0 bridgehead atoms. The van der Waals surface area contributed by atoms with E-state index < -0.39 is 5.91 Å². The van der Waals surface area contributed by atoms with E-state index in [0.717, 1.165) is 0 Å². The third-order valence-electron chi connectivity index (χ3n) is 2.47. The van der Waals surface area contributed by atoms with Crippen molar-refractivity contribution in [2.75, 3.05) is 11.9 Å². The average molecular weight is 341 g/mol. The van der Waals surface area contributed by atoms with Crippen LogP contribution in [-0.4, -0.2) is 18.7 Å². The highest BCUT2D eigenvalue weighted by Gasteiger charge is 2.04. The molecule has 0 atom stereocenters. The van der Waals surface area contributed by atoms with Gasteiger partial charge in [-0.3, -0.25) is 4.79 Å². The molecule has 0 aliphatic heterocycles. The van der Waals surface area contributed by atoms with Gasteiger partial charge in [-0.25, -0.2) is 4.39 Å². The van der Waals surface area contributed by atoms with Crippen LogP contribution >= 0.6 is 23.2 Å². The minimum Gasteiger partial charge on any atom is -0.386 e. The van der Waals surface area contributed by atoms with Gasteiger partial charge in [-0.15, -0.1) is 0 Å². The van der Waals surface area contributed by atoms with Crippen LogP contribution in [-0.2, 0) is 9.63 Å². The second kappa shape index (κ2) is 7.77. The van der Waals surface area contributed by atoms with E-state index in [-0.39, 0.29) is 12.4 Å². The van der Waals surface area contributed by atoms with Crippen LogP contribution in [0.2, 0.25) is 10.0 Å². The lowest BCUT2D eigenvalue weighted by Crippen LogP contribution is -2.16. The van der Waals surface area contributed by atoms with Gasteiger partial charge in [-0.05, 0) is 35.9 Å². The number of rotatable bonds is 5. The number of carbonyl (C=O) groups excluding carboxylic acids is 1. The van der Waals surface area contributed by atoms with Crippen LogP contribution in [0.1, 0.15) is 5.56 Å². The third kappa shape index (κ3) is 5.35. The maximum Gasteiger partial charge on any atom is 0.265 e. The molecule has 4 nitrogen and oxygen atoms in total. The molecule has 1 N–H and O–H groups in total. The predicted octanol–water partition coefficient (Wildman–Crippen LogP) is 4.12. The van der Waals surface area contributed by atoms with Crippen molar-refractivity contribution in [3.05, 3.63) is 63.9 Å². The first-order chi connectivity index (χ1) is 10.5. The maximum atomic E-state index is 12.9. The number of oxime groups is 1. The smallest absolute Gasteiger partial charge is 0.265 e. The molecule has 0 spiro atoms. The molecule has 0 radical (unpaired) electrons. The lowest BCUT2D eigenvalue weighted by Gasteiger charge is -2.05. The molecule has 0 heterocycles. The predicted molar refractivity (Wildman–Crippen MR) is 85.0 cm³/mol. The number of halogens is 3. The van der Waals surface area contributed by atoms with E-state index in [1.165, 1.54) is 18.3 Å². The second-order valence-corrected chi connectivity index (χ2v) is 5.14. The Morgan fingerprint density at radius 2 is 1.95 bits per heavy atom. The third-order valence-corrected chi connectivity index (χ3v) is 2.90. The van der Waals surface area contributed by atoms with Crippen molar-refractivity contribution in [2.45, 2.75) is 0 Å². The summed E-state index contributed by atoms with van der Waals surface area (Å²) in [6.45, 7) is -0.296. The summed E-state index contributed by atoms with van der Waals surface area (Å²) in [5.41, 5.74) is 0.988. The molecule has 2 aromatic rings. The first-order valence-corrected chi connectivity index (χ1v) is 6.95. The first kappa shape index (κ1) is 16.3. The summed E-state index contributed by atoms with van der Waals surface area (Å²) in [5, 5.41) is 6.98. The Balaban J connectivity index is 1.83. The summed E-state index contributed by atoms with van der Waals surface area (Å²) in [5.74, 6) is -0.797. The Morgan fingerprint density at radius 1 is 1.23 bits per heavy atom. The molecule has 0 aliphatic rings. The van der Waals surface area contributed by atoms with Crippen LogP contribution in [0, 0.1) is 5.82 Å². The fraction of sp³-hybridized carbons (Fsp3) is 0.0667. The maximum absolute atomic E-state index is 12.9. The molecule has 0 aromatic heterocycles. The Bertz CT molecular complexity index is 687. The number of nitrogens with zero attached hydrogens (tertiary/aromatic N) is 1. The largest absolute Gasteiger partial charge is 0.386 e. The molecular formula is C15H11Cl2FN2O2. The summed E-state index contributed by atoms with van der Waals surface area (Å²) >= 11 is 11.6. The Morgan fingerprint density at radius 3 is 2.64 bits per heavy atom. The lowest BCUT2D eigenvalue weighted by molar-refractivity contribution is -0.120. The number of anilines is 1. The van der Waals surface area contributed by atoms with Gasteiger partial charge in [0.1, 0.15) is 5.82 Å². The first-order valence-electron chi connectivity index (χ1n) is 6.20. The van der Waals surface area contributed by atoms with Gasteiger partial charge >= 0.3 is 0 Å². The molecule has 0 saturated heterocycles. The lowest BCUT2D eigenvalue weighted by atomic mass is 10.2. The van der Waals surface area contributed by atoms with Crippen molar-refractivity contribution in [1.82, 2.24) is 0 Å². The van der Waals surface area contributed by atoms with Crippen LogP contribution < -0.4 is 5.32 Å². The zero-order valence-electron chi connectivity index (χ0n) is 11.2. The van der Waals surface area contributed by atoms with E-state index in [1.54, 1.807) is 30.3 Å². The Hall–Kier alpha value is -2.11. The topological polar surface area (TPSA) is 50.7 Å². The van der Waals surface area contributed by atoms with E-state index in [4.69, 9.17) is 28.0 Å². The normalized spacial score (nSPS) is 10.7. The van der Waals surface area contributed by atoms with E-state index in [0.29, 0.717) is 21.3 Å². The van der Waals surface area contributed by atoms with Crippen molar-refractivity contribution in [3.63, 3.8) is 0 Å². The monoisotopic (exact) mass is 340 g/mol. The number of hydrogen-bond donors (Lipinski definition) is 1. The van der Waals surface area contributed by atoms with Crippen LogP contribution in [0.3, 0.4) is 0 Å². The number of benzene rings is 2. The van der Waals surface area contributed by atoms with Crippen LogP contribution in [0.5, 0.6) is 0 Å². The summed E-state index contributed by atoms with van der Waals surface area (Å²) < 4.78 is 12.9. The number of carbonyl (C=O) groups is 1. The standard InChI is InChI=1S/C15H11Cl2FN2O2/c16-11-5-12(17)7-14(6-11)20-15(21)9-22-19-8-10-2-1-3-13(18)4-10/h1-8H,9H2,(H,20,21)/b19-8-. The quantitative estimate of drug-likeness (QED) is 0.657. The average Bonchev–Trinajstić information content (AvgIpc) is 2.42. The van der Waals surface area contributed by atoms with E-state index >= 15 is 0 Å². The van der Waals surface area contributed by atoms with Crippen molar-refractivity contribution < 1.29 is 14.0 Å². The molecule has 2 rings (SSSR count). The van der Waals surface area contributed by atoms with E-state index in [2.05, 4.69) is 10.5 Å². The fourth-order valence-electron chi connectivity index (χ4n) is 1.60. The SMILES string of the molecule is O=C(CO/N=C\c1cccc(F)c1)Nc1cc(Cl)cc(Cl)c1. The summed E-state index contributed by atoms with van der Waals surface area (Å²) in [7, 11) is 0. The molecule has 114 valence electrons. The van der Waals surface area contributed by atoms with E-state index in [9.17, 15) is 9.18 Å². The Kier molecular flexibility index (Phi) is 5.75. The highest BCUT2D eigenvalue weighted by Crippen LogP contribution is 2.22. The zero-order chi connectivity index (χ0) is 15.9. The highest BCUT2D eigenvalue weighted by molar-refractivity contribution is 6.35. The van der Waals surface area contributed by atoms with Gasteiger partial charge in [0, 0.05) is 15.7 Å². The van der Waals surface area contributed by atoms with Gasteiger partial charge in [-0.1, -0.05) is 40.5 Å². The van der Waals surface area contributed by atoms with Crippen LogP contribution in [0.15, 0.2) is 47.6 Å².